The van der Waals surface area contributed by atoms with Crippen molar-refractivity contribution in [2.24, 2.45) is 0 Å². The Kier molecular flexibility index (Phi) is 1.49. The highest BCUT2D eigenvalue weighted by Crippen LogP contribution is 2.28. The highest BCUT2D eigenvalue weighted by molar-refractivity contribution is 6.31. The Morgan fingerprint density at radius 2 is 2.14 bits per heavy atom. The predicted octanol–water partition coefficient (Wildman–Crippen LogP) is 3.03. The van der Waals surface area contributed by atoms with E-state index in [0.29, 0.717) is 10.7 Å². The number of nitrogens with zero attached hydrogens (tertiary/aromatic N) is 2. The number of hydrogen-bond acceptors (Lipinski definition) is 3. The monoisotopic (exact) mass is 204 g/mol. The van der Waals surface area contributed by atoms with Gasteiger partial charge in [-0.15, -0.1) is 0 Å². The van der Waals surface area contributed by atoms with Gasteiger partial charge in [-0.3, -0.25) is 0 Å². The Morgan fingerprint density at radius 1 is 1.21 bits per heavy atom. The summed E-state index contributed by atoms with van der Waals surface area (Å²) >= 11 is 5.85. The van der Waals surface area contributed by atoms with E-state index in [1.165, 1.54) is 6.33 Å². The van der Waals surface area contributed by atoms with Gasteiger partial charge < -0.3 is 4.42 Å². The molecule has 0 saturated heterocycles. The number of furan rings is 1. The first-order valence-electron chi connectivity index (χ1n) is 4.12. The summed E-state index contributed by atoms with van der Waals surface area (Å²) in [6.07, 6.45) is 3.20. The largest absolute Gasteiger partial charge is 0.438 e. The Labute approximate surface area is 84.3 Å². The summed E-state index contributed by atoms with van der Waals surface area (Å²) in [5.74, 6) is 0. The lowest BCUT2D eigenvalue weighted by atomic mass is 10.2. The molecule has 0 aliphatic heterocycles. The SMILES string of the molecule is Clc1ccc2c(c1)oc1ncncc12. The van der Waals surface area contributed by atoms with Gasteiger partial charge in [-0.2, -0.15) is 0 Å². The van der Waals surface area contributed by atoms with Crippen molar-refractivity contribution in [2.45, 2.75) is 0 Å². The lowest BCUT2D eigenvalue weighted by Gasteiger charge is -1.88. The number of fused-ring (bicyclic) bond motifs is 3. The first-order valence-corrected chi connectivity index (χ1v) is 4.50. The van der Waals surface area contributed by atoms with Gasteiger partial charge in [0.15, 0.2) is 0 Å². The van der Waals surface area contributed by atoms with E-state index in [-0.39, 0.29) is 0 Å². The number of hydrogen-bond donors (Lipinski definition) is 0. The van der Waals surface area contributed by atoms with Crippen LogP contribution in [0.2, 0.25) is 5.02 Å². The predicted molar refractivity (Wildman–Crippen MR) is 54.3 cm³/mol. The maximum atomic E-state index is 5.85. The molecule has 14 heavy (non-hydrogen) atoms. The molecular weight excluding hydrogens is 200 g/mol. The van der Waals surface area contributed by atoms with Gasteiger partial charge in [0.05, 0.1) is 5.39 Å². The second kappa shape index (κ2) is 2.69. The van der Waals surface area contributed by atoms with Gasteiger partial charge in [-0.25, -0.2) is 9.97 Å². The molecule has 3 aromatic rings. The lowest BCUT2D eigenvalue weighted by Crippen LogP contribution is -1.74. The van der Waals surface area contributed by atoms with Crippen molar-refractivity contribution in [2.75, 3.05) is 0 Å². The van der Waals surface area contributed by atoms with E-state index in [4.69, 9.17) is 16.0 Å². The fourth-order valence-electron chi connectivity index (χ4n) is 1.49. The highest BCUT2D eigenvalue weighted by Gasteiger charge is 2.07. The minimum Gasteiger partial charge on any atom is -0.438 e. The smallest absolute Gasteiger partial charge is 0.230 e. The van der Waals surface area contributed by atoms with E-state index in [2.05, 4.69) is 9.97 Å². The molecule has 4 heteroatoms. The number of halogens is 1. The zero-order valence-corrected chi connectivity index (χ0v) is 7.82. The molecule has 0 spiro atoms. The van der Waals surface area contributed by atoms with Gasteiger partial charge in [0.1, 0.15) is 11.9 Å². The third kappa shape index (κ3) is 0.992. The lowest BCUT2D eigenvalue weighted by molar-refractivity contribution is 0.653. The quantitative estimate of drug-likeness (QED) is 0.565. The van der Waals surface area contributed by atoms with Crippen molar-refractivity contribution in [3.05, 3.63) is 35.7 Å². The van der Waals surface area contributed by atoms with Crippen molar-refractivity contribution in [3.63, 3.8) is 0 Å². The molecule has 3 rings (SSSR count). The van der Waals surface area contributed by atoms with Gasteiger partial charge in [0.2, 0.25) is 5.71 Å². The first kappa shape index (κ1) is 7.76. The molecule has 68 valence electrons. The summed E-state index contributed by atoms with van der Waals surface area (Å²) in [5.41, 5.74) is 1.34. The Balaban J connectivity index is 2.57. The van der Waals surface area contributed by atoms with Gasteiger partial charge in [0.25, 0.3) is 0 Å². The van der Waals surface area contributed by atoms with E-state index in [0.717, 1.165) is 16.4 Å². The summed E-state index contributed by atoms with van der Waals surface area (Å²) < 4.78 is 5.50. The van der Waals surface area contributed by atoms with E-state index < -0.39 is 0 Å². The van der Waals surface area contributed by atoms with Crippen LogP contribution in [-0.4, -0.2) is 9.97 Å². The van der Waals surface area contributed by atoms with E-state index in [1.54, 1.807) is 12.3 Å². The van der Waals surface area contributed by atoms with Gasteiger partial charge in [0, 0.05) is 22.7 Å². The average Bonchev–Trinajstić information content (AvgIpc) is 2.54. The molecule has 0 aliphatic rings. The third-order valence-corrected chi connectivity index (χ3v) is 2.35. The van der Waals surface area contributed by atoms with Crippen LogP contribution in [0.3, 0.4) is 0 Å². The van der Waals surface area contributed by atoms with Crippen molar-refractivity contribution in [1.29, 1.82) is 0 Å². The van der Waals surface area contributed by atoms with Crippen molar-refractivity contribution in [3.8, 4) is 0 Å². The second-order valence-electron chi connectivity index (χ2n) is 2.98. The van der Waals surface area contributed by atoms with Crippen LogP contribution in [-0.2, 0) is 0 Å². The molecule has 0 atom stereocenters. The highest BCUT2D eigenvalue weighted by atomic mass is 35.5. The van der Waals surface area contributed by atoms with Crippen LogP contribution in [0.4, 0.5) is 0 Å². The molecular formula is C10H5ClN2O. The number of rotatable bonds is 0. The molecule has 0 amide bonds. The molecule has 3 nitrogen and oxygen atoms in total. The van der Waals surface area contributed by atoms with Crippen molar-refractivity contribution < 1.29 is 4.42 Å². The van der Waals surface area contributed by atoms with Crippen LogP contribution in [0.25, 0.3) is 22.1 Å². The van der Waals surface area contributed by atoms with Crippen LogP contribution in [0.15, 0.2) is 35.1 Å². The van der Waals surface area contributed by atoms with Gasteiger partial charge in [-0.1, -0.05) is 11.6 Å². The van der Waals surface area contributed by atoms with Crippen LogP contribution < -0.4 is 0 Å². The summed E-state index contributed by atoms with van der Waals surface area (Å²) in [5, 5.41) is 2.56. The van der Waals surface area contributed by atoms with Crippen LogP contribution in [0.1, 0.15) is 0 Å². The summed E-state index contributed by atoms with van der Waals surface area (Å²) in [6, 6.07) is 5.51. The molecule has 0 fully saturated rings. The van der Waals surface area contributed by atoms with Crippen LogP contribution >= 0.6 is 11.6 Å². The molecule has 0 unspecified atom stereocenters. The summed E-state index contributed by atoms with van der Waals surface area (Å²) in [6.45, 7) is 0. The van der Waals surface area contributed by atoms with Gasteiger partial charge >= 0.3 is 0 Å². The fourth-order valence-corrected chi connectivity index (χ4v) is 1.65. The summed E-state index contributed by atoms with van der Waals surface area (Å²) in [4.78, 5) is 7.98. The first-order chi connectivity index (χ1) is 6.84. The standard InChI is InChI=1S/C10H5ClN2O/c11-6-1-2-7-8-4-12-5-13-10(8)14-9(7)3-6/h1-5H. The van der Waals surface area contributed by atoms with Crippen molar-refractivity contribution >= 4 is 33.7 Å². The molecule has 1 aromatic carbocycles. The molecule has 2 heterocycles. The second-order valence-corrected chi connectivity index (χ2v) is 3.42. The normalized spacial score (nSPS) is 11.2. The van der Waals surface area contributed by atoms with Crippen LogP contribution in [0, 0.1) is 0 Å². The zero-order chi connectivity index (χ0) is 9.54. The van der Waals surface area contributed by atoms with E-state index in [1.807, 2.05) is 12.1 Å². The molecule has 0 saturated carbocycles. The fraction of sp³-hybridized carbons (Fsp3) is 0. The maximum Gasteiger partial charge on any atom is 0.230 e. The minimum atomic E-state index is 0.595. The Hall–Kier alpha value is -1.61. The van der Waals surface area contributed by atoms with Crippen molar-refractivity contribution in [1.82, 2.24) is 9.97 Å². The maximum absolute atomic E-state index is 5.85. The van der Waals surface area contributed by atoms with Gasteiger partial charge in [-0.05, 0) is 12.1 Å². The topological polar surface area (TPSA) is 38.9 Å². The Bertz CT molecular complexity index is 618. The number of benzene rings is 1. The molecule has 0 bridgehead atoms. The average molecular weight is 205 g/mol. The van der Waals surface area contributed by atoms with E-state index >= 15 is 0 Å². The zero-order valence-electron chi connectivity index (χ0n) is 7.07. The minimum absolute atomic E-state index is 0.595. The Morgan fingerprint density at radius 3 is 3.07 bits per heavy atom. The third-order valence-electron chi connectivity index (χ3n) is 2.12. The van der Waals surface area contributed by atoms with E-state index in [9.17, 15) is 0 Å². The van der Waals surface area contributed by atoms with Crippen LogP contribution in [0.5, 0.6) is 0 Å². The number of aromatic nitrogens is 2. The molecule has 0 radical (unpaired) electrons. The molecule has 2 aromatic heterocycles. The summed E-state index contributed by atoms with van der Waals surface area (Å²) in [7, 11) is 0. The molecule has 0 aliphatic carbocycles. The molecule has 0 N–H and O–H groups in total.